The van der Waals surface area contributed by atoms with Crippen molar-refractivity contribution in [1.82, 2.24) is 0 Å². The van der Waals surface area contributed by atoms with E-state index in [0.717, 1.165) is 72.8 Å². The largest absolute Gasteiger partial charge is 0.323 e. The molecule has 2 amide bonds. The van der Waals surface area contributed by atoms with E-state index in [2.05, 4.69) is 51.5 Å². The van der Waals surface area contributed by atoms with Crippen LogP contribution in [0.1, 0.15) is 0 Å². The van der Waals surface area contributed by atoms with Gasteiger partial charge in [-0.3, -0.25) is 27.3 Å². The Kier molecular flexibility index (Phi) is 15.8. The number of anilines is 2. The van der Waals surface area contributed by atoms with E-state index in [1.807, 2.05) is 0 Å². The summed E-state index contributed by atoms with van der Waals surface area (Å²) in [6, 6.07) is 26.7. The summed E-state index contributed by atoms with van der Waals surface area (Å²) < 4.78 is 204. The summed E-state index contributed by atoms with van der Waals surface area (Å²) >= 11 is 0. The molecule has 8 rings (SSSR count). The average Bonchev–Trinajstić information content (AvgIpc) is 3.46. The summed E-state index contributed by atoms with van der Waals surface area (Å²) in [5.74, 6) is 0. The van der Waals surface area contributed by atoms with Crippen LogP contribution in [0.5, 0.6) is 0 Å². The van der Waals surface area contributed by atoms with E-state index in [9.17, 15) is 73.5 Å². The number of carbonyl (C=O) groups is 1. The van der Waals surface area contributed by atoms with Crippen LogP contribution in [-0.2, 0) is 60.7 Å². The molecule has 0 spiro atoms. The van der Waals surface area contributed by atoms with Crippen molar-refractivity contribution in [2.45, 2.75) is 29.4 Å². The predicted octanol–water partition coefficient (Wildman–Crippen LogP) is 10.8. The molecule has 0 aromatic heterocycles. The van der Waals surface area contributed by atoms with E-state index in [1.165, 1.54) is 72.8 Å². The van der Waals surface area contributed by atoms with E-state index in [4.69, 9.17) is 9.11 Å². The van der Waals surface area contributed by atoms with Crippen molar-refractivity contribution in [1.29, 1.82) is 0 Å². The number of nitrogens with one attached hydrogen (secondary N) is 2. The molecule has 0 heterocycles. The number of carbonyl (C=O) groups excluding carboxylic acids is 1. The van der Waals surface area contributed by atoms with Crippen molar-refractivity contribution < 1.29 is 82.6 Å². The Labute approximate surface area is 451 Å². The van der Waals surface area contributed by atoms with Gasteiger partial charge in [-0.25, -0.2) is 4.79 Å². The quantitative estimate of drug-likeness (QED) is 0.0329. The highest BCUT2D eigenvalue weighted by atomic mass is 32.2. The van der Waals surface area contributed by atoms with Gasteiger partial charge in [-0.2, -0.15) is 71.0 Å². The molecule has 0 radical (unpaired) electrons. The van der Waals surface area contributed by atoms with Gasteiger partial charge >= 0.3 is 6.03 Å². The highest BCUT2D eigenvalue weighted by molar-refractivity contribution is 7.87. The van der Waals surface area contributed by atoms with Crippen molar-refractivity contribution in [2.24, 2.45) is 40.9 Å². The zero-order valence-electron chi connectivity index (χ0n) is 39.4. The number of benzene rings is 8. The zero-order valence-corrected chi connectivity index (χ0v) is 44.3. The third-order valence-corrected chi connectivity index (χ3v) is 16.0. The molecule has 29 nitrogen and oxygen atoms in total. The van der Waals surface area contributed by atoms with Crippen LogP contribution in [0.2, 0.25) is 0 Å². The second-order valence-corrected chi connectivity index (χ2v) is 24.7. The molecular weight excluding hydrogens is 1180 g/mol. The Balaban J connectivity index is 0.993. The third-order valence-electron chi connectivity index (χ3n) is 10.7. The average molecular weight is 1210 g/mol. The maximum absolute atomic E-state index is 13.2. The maximum Gasteiger partial charge on any atom is 0.323 e. The molecule has 80 heavy (non-hydrogen) atoms. The summed E-state index contributed by atoms with van der Waals surface area (Å²) in [6.07, 6.45) is 0. The van der Waals surface area contributed by atoms with Crippen molar-refractivity contribution in [3.63, 3.8) is 0 Å². The Hall–Kier alpha value is -8.59. The summed E-state index contributed by atoms with van der Waals surface area (Å²) in [4.78, 5) is 9.07. The van der Waals surface area contributed by atoms with Crippen LogP contribution in [0.3, 0.4) is 0 Å². The molecule has 8 N–H and O–H groups in total. The minimum atomic E-state index is -5.08. The smallest absolute Gasteiger partial charge is 0.308 e. The van der Waals surface area contributed by atoms with Gasteiger partial charge in [0.05, 0.1) is 32.5 Å². The van der Waals surface area contributed by atoms with Gasteiger partial charge in [0, 0.05) is 11.4 Å². The lowest BCUT2D eigenvalue weighted by Gasteiger charge is -2.11. The minimum Gasteiger partial charge on any atom is -0.308 e. The van der Waals surface area contributed by atoms with Crippen LogP contribution >= 0.6 is 0 Å². The molecule has 0 aliphatic heterocycles. The number of urea groups is 1. The van der Waals surface area contributed by atoms with Gasteiger partial charge < -0.3 is 10.6 Å². The Morgan fingerprint density at radius 1 is 0.287 bits per heavy atom. The topological polar surface area (TPSA) is 466 Å². The molecule has 0 unspecified atom stereocenters. The molecule has 0 atom stereocenters. The fraction of sp³-hybridized carbons (Fsp3) is 0. The molecule has 35 heteroatoms. The number of hydrogen-bond donors (Lipinski definition) is 8. The molecular formula is C45H32N10O19S6. The van der Waals surface area contributed by atoms with Crippen molar-refractivity contribution in [3.8, 4) is 0 Å². The molecule has 0 aliphatic carbocycles. The molecule has 0 fully saturated rings. The summed E-state index contributed by atoms with van der Waals surface area (Å²) in [6.45, 7) is 0. The summed E-state index contributed by atoms with van der Waals surface area (Å²) in [5, 5.41) is 36.5. The lowest BCUT2D eigenvalue weighted by atomic mass is 10.1. The van der Waals surface area contributed by atoms with E-state index in [1.54, 1.807) is 0 Å². The molecule has 8 aromatic rings. The molecule has 0 bridgehead atoms. The van der Waals surface area contributed by atoms with Crippen LogP contribution < -0.4 is 10.6 Å². The first kappa shape index (κ1) is 57.6. The molecule has 0 saturated carbocycles. The minimum absolute atomic E-state index is 0.0720. The third kappa shape index (κ3) is 14.2. The van der Waals surface area contributed by atoms with Crippen LogP contribution in [0.25, 0.3) is 21.5 Å². The SMILES string of the molecule is O=C(Nc1ccc2cc(/N=N/c3ccc(/N=N/c4ccc(S(=O)(=O)O)cc4)cc3S(=O)(=O)O)c(S(=O)(=O)O)cc2c1)Nc1ccc2cc(/N=N/c3ccc(/N=N/c4ccc(S(=O)(=O)O)cc4)cc3S(=O)(=O)O)c(S(=O)(=O)O)cc2c1. The van der Waals surface area contributed by atoms with E-state index in [-0.39, 0.29) is 55.7 Å². The lowest BCUT2D eigenvalue weighted by molar-refractivity contribution is 0.262. The molecule has 0 saturated heterocycles. The maximum atomic E-state index is 13.2. The van der Waals surface area contributed by atoms with Crippen LogP contribution in [-0.4, -0.2) is 83.9 Å². The molecule has 412 valence electrons. The number of nitrogens with zero attached hydrogens (tertiary/aromatic N) is 8. The second-order valence-electron chi connectivity index (χ2n) is 16.3. The van der Waals surface area contributed by atoms with Gasteiger partial charge in [0.15, 0.2) is 0 Å². The lowest BCUT2D eigenvalue weighted by Crippen LogP contribution is -2.19. The van der Waals surface area contributed by atoms with Crippen molar-refractivity contribution in [2.75, 3.05) is 10.6 Å². The number of rotatable bonds is 16. The van der Waals surface area contributed by atoms with Crippen LogP contribution in [0.4, 0.5) is 61.7 Å². The van der Waals surface area contributed by atoms with Gasteiger partial charge in [0.2, 0.25) is 0 Å². The van der Waals surface area contributed by atoms with Crippen LogP contribution in [0.15, 0.2) is 216 Å². The number of azo groups is 4. The Bertz CT molecular complexity index is 4420. The molecule has 8 aromatic carbocycles. The van der Waals surface area contributed by atoms with Gasteiger partial charge in [-0.05, 0) is 155 Å². The predicted molar refractivity (Wildman–Crippen MR) is 282 cm³/mol. The Morgan fingerprint density at radius 3 is 0.912 bits per heavy atom. The van der Waals surface area contributed by atoms with Gasteiger partial charge in [0.25, 0.3) is 60.7 Å². The fourth-order valence-electron chi connectivity index (χ4n) is 7.07. The van der Waals surface area contributed by atoms with E-state index in [0.29, 0.717) is 0 Å². The standard InChI is InChI=1S/C45H32N10O19S6/c56-45(46-31-3-1-25-19-39(41(77(63,64)65)21-27(25)17-31)54-52-37-15-9-33(23-43(37)79(69,70)71)50-48-29-5-11-35(12-6-29)75(57,58)59)47-32-4-2-26-20-40(42(78(66,67)68)22-28(26)18-32)55-53-38-16-10-34(24-44(38)80(72,73)74)51-49-30-7-13-36(14-8-30)76(60,61)62/h1-24H,(H2,46,47,56)(H,57,58,59)(H,60,61,62)(H,63,64,65)(H,66,67,68)(H,69,70,71)(H,72,73,74)/b50-48+,51-49+,54-52+,55-53+. The summed E-state index contributed by atoms with van der Waals surface area (Å²) in [5.41, 5.74) is -1.98. The van der Waals surface area contributed by atoms with Crippen molar-refractivity contribution in [3.05, 3.63) is 146 Å². The van der Waals surface area contributed by atoms with Gasteiger partial charge in [-0.15, -0.1) is 20.5 Å². The highest BCUT2D eigenvalue weighted by Crippen LogP contribution is 2.38. The first-order valence-electron chi connectivity index (χ1n) is 21.5. The van der Waals surface area contributed by atoms with Crippen molar-refractivity contribution >= 4 is 145 Å². The molecule has 0 aliphatic rings. The monoisotopic (exact) mass is 1210 g/mol. The Morgan fingerprint density at radius 2 is 0.588 bits per heavy atom. The van der Waals surface area contributed by atoms with Gasteiger partial charge in [-0.1, -0.05) is 12.1 Å². The van der Waals surface area contributed by atoms with Gasteiger partial charge in [0.1, 0.15) is 42.3 Å². The van der Waals surface area contributed by atoms with E-state index >= 15 is 0 Å². The first-order valence-corrected chi connectivity index (χ1v) is 30.2. The van der Waals surface area contributed by atoms with E-state index < -0.39 is 119 Å². The highest BCUT2D eigenvalue weighted by Gasteiger charge is 2.23. The normalized spacial score (nSPS) is 13.1. The first-order chi connectivity index (χ1) is 37.3. The second kappa shape index (κ2) is 21.9. The number of fused-ring (bicyclic) bond motifs is 2. The number of hydrogen-bond acceptors (Lipinski definition) is 21. The van der Waals surface area contributed by atoms with Crippen LogP contribution in [0, 0.1) is 0 Å². The fourth-order valence-corrected chi connectivity index (χ4v) is 10.6. The number of amides is 2. The summed E-state index contributed by atoms with van der Waals surface area (Å²) in [7, 11) is -29.2. The zero-order chi connectivity index (χ0) is 58.2.